The van der Waals surface area contributed by atoms with Crippen LogP contribution in [-0.2, 0) is 6.18 Å². The van der Waals surface area contributed by atoms with Gasteiger partial charge in [0, 0.05) is 5.69 Å². The summed E-state index contributed by atoms with van der Waals surface area (Å²) in [6, 6.07) is 13.2. The Kier molecular flexibility index (Phi) is 4.94. The molecule has 0 bridgehead atoms. The van der Waals surface area contributed by atoms with Crippen molar-refractivity contribution >= 4 is 11.6 Å². The van der Waals surface area contributed by atoms with Crippen molar-refractivity contribution in [3.8, 4) is 11.1 Å². The van der Waals surface area contributed by atoms with Gasteiger partial charge in [-0.15, -0.1) is 0 Å². The van der Waals surface area contributed by atoms with Crippen molar-refractivity contribution in [1.82, 2.24) is 0 Å². The average Bonchev–Trinajstić information content (AvgIpc) is 2.63. The minimum Gasteiger partial charge on any atom is -0.322 e. The Hall–Kier alpha value is -3.22. The lowest BCUT2D eigenvalue weighted by Crippen LogP contribution is -2.14. The van der Waals surface area contributed by atoms with Gasteiger partial charge in [-0.2, -0.15) is 13.2 Å². The quantitative estimate of drug-likeness (QED) is 0.566. The van der Waals surface area contributed by atoms with Crippen molar-refractivity contribution in [3.05, 3.63) is 89.5 Å². The number of hydrogen-bond acceptors (Lipinski definition) is 1. The second kappa shape index (κ2) is 7.19. The predicted molar refractivity (Wildman–Crippen MR) is 91.2 cm³/mol. The number of hydrogen-bond donors (Lipinski definition) is 1. The molecule has 1 N–H and O–H groups in total. The van der Waals surface area contributed by atoms with Gasteiger partial charge in [0.15, 0.2) is 0 Å². The highest BCUT2D eigenvalue weighted by Crippen LogP contribution is 2.37. The van der Waals surface area contributed by atoms with E-state index < -0.39 is 34.8 Å². The Balaban J connectivity index is 1.85. The second-order valence-corrected chi connectivity index (χ2v) is 5.70. The van der Waals surface area contributed by atoms with Gasteiger partial charge in [-0.3, -0.25) is 4.79 Å². The molecule has 0 aliphatic rings. The Morgan fingerprint density at radius 1 is 0.852 bits per heavy atom. The summed E-state index contributed by atoms with van der Waals surface area (Å²) in [6.07, 6.45) is -4.50. The van der Waals surface area contributed by atoms with Gasteiger partial charge in [-0.1, -0.05) is 30.3 Å². The van der Waals surface area contributed by atoms with Crippen molar-refractivity contribution in [3.63, 3.8) is 0 Å². The van der Waals surface area contributed by atoms with E-state index in [1.807, 2.05) is 0 Å². The monoisotopic (exact) mass is 377 g/mol. The van der Waals surface area contributed by atoms with Crippen LogP contribution in [0.3, 0.4) is 0 Å². The van der Waals surface area contributed by atoms with Gasteiger partial charge in [-0.25, -0.2) is 8.78 Å². The lowest BCUT2D eigenvalue weighted by Gasteiger charge is -2.13. The molecule has 2 nitrogen and oxygen atoms in total. The van der Waals surface area contributed by atoms with Crippen molar-refractivity contribution in [2.75, 3.05) is 5.32 Å². The first kappa shape index (κ1) is 18.6. The first-order valence-corrected chi connectivity index (χ1v) is 7.79. The number of carbonyl (C=O) groups is 1. The smallest absolute Gasteiger partial charge is 0.322 e. The highest BCUT2D eigenvalue weighted by Gasteiger charge is 2.33. The lowest BCUT2D eigenvalue weighted by molar-refractivity contribution is -0.137. The zero-order chi connectivity index (χ0) is 19.6. The molecule has 0 saturated carbocycles. The van der Waals surface area contributed by atoms with Crippen LogP contribution in [0.15, 0.2) is 66.7 Å². The molecule has 27 heavy (non-hydrogen) atoms. The van der Waals surface area contributed by atoms with E-state index in [0.29, 0.717) is 5.56 Å². The first-order valence-electron chi connectivity index (χ1n) is 7.79. The number of carbonyl (C=O) groups excluding carboxylic acids is 1. The third-order valence-corrected chi connectivity index (χ3v) is 3.86. The van der Waals surface area contributed by atoms with Gasteiger partial charge in [0.2, 0.25) is 0 Å². The molecular formula is C20H12F5NO. The predicted octanol–water partition coefficient (Wildman–Crippen LogP) is 5.90. The van der Waals surface area contributed by atoms with E-state index in [1.54, 1.807) is 0 Å². The maximum atomic E-state index is 13.6. The number of benzene rings is 3. The SMILES string of the molecule is O=C(Nc1ccc(-c2ccccc2C(F)(F)F)cc1)c1cc(F)ccc1F. The summed E-state index contributed by atoms with van der Waals surface area (Å²) in [6.45, 7) is 0. The summed E-state index contributed by atoms with van der Waals surface area (Å²) >= 11 is 0. The third kappa shape index (κ3) is 4.13. The molecule has 0 radical (unpaired) electrons. The van der Waals surface area contributed by atoms with E-state index in [9.17, 15) is 26.7 Å². The Morgan fingerprint density at radius 3 is 2.19 bits per heavy atom. The highest BCUT2D eigenvalue weighted by atomic mass is 19.4. The summed E-state index contributed by atoms with van der Waals surface area (Å²) < 4.78 is 66.2. The highest BCUT2D eigenvalue weighted by molar-refractivity contribution is 6.04. The minimum atomic E-state index is -4.50. The van der Waals surface area contributed by atoms with Crippen LogP contribution in [0.25, 0.3) is 11.1 Å². The Morgan fingerprint density at radius 2 is 1.52 bits per heavy atom. The maximum absolute atomic E-state index is 13.6. The van der Waals surface area contributed by atoms with Crippen LogP contribution in [0.5, 0.6) is 0 Å². The van der Waals surface area contributed by atoms with Gasteiger partial charge < -0.3 is 5.32 Å². The Bertz CT molecular complexity index is 980. The van der Waals surface area contributed by atoms with Crippen LogP contribution < -0.4 is 5.32 Å². The molecule has 3 aromatic rings. The molecule has 138 valence electrons. The van der Waals surface area contributed by atoms with Gasteiger partial charge in [-0.05, 0) is 47.5 Å². The van der Waals surface area contributed by atoms with E-state index in [-0.39, 0.29) is 11.3 Å². The number of nitrogens with one attached hydrogen (secondary N) is 1. The molecule has 0 heterocycles. The molecule has 0 saturated heterocycles. The molecule has 1 amide bonds. The van der Waals surface area contributed by atoms with Crippen molar-refractivity contribution in [2.45, 2.75) is 6.18 Å². The van der Waals surface area contributed by atoms with E-state index in [1.165, 1.54) is 42.5 Å². The largest absolute Gasteiger partial charge is 0.417 e. The maximum Gasteiger partial charge on any atom is 0.417 e. The average molecular weight is 377 g/mol. The summed E-state index contributed by atoms with van der Waals surface area (Å²) in [4.78, 5) is 12.1. The summed E-state index contributed by atoms with van der Waals surface area (Å²) in [5.74, 6) is -2.51. The molecule has 0 unspecified atom stereocenters. The van der Waals surface area contributed by atoms with Crippen LogP contribution >= 0.6 is 0 Å². The normalized spacial score (nSPS) is 11.3. The van der Waals surface area contributed by atoms with E-state index in [0.717, 1.165) is 24.3 Å². The molecule has 0 atom stereocenters. The molecule has 0 fully saturated rings. The standard InChI is InChI=1S/C20H12F5NO/c21-13-7-10-18(22)16(11-13)19(27)26-14-8-5-12(6-9-14)15-3-1-2-4-17(15)20(23,24)25/h1-11H,(H,26,27). The third-order valence-electron chi connectivity index (χ3n) is 3.86. The first-order chi connectivity index (χ1) is 12.8. The number of amides is 1. The van der Waals surface area contributed by atoms with Crippen molar-refractivity contribution in [1.29, 1.82) is 0 Å². The molecule has 7 heteroatoms. The van der Waals surface area contributed by atoms with Crippen LogP contribution in [0, 0.1) is 11.6 Å². The van der Waals surface area contributed by atoms with Crippen LogP contribution in [-0.4, -0.2) is 5.91 Å². The molecule has 0 aromatic heterocycles. The van der Waals surface area contributed by atoms with Gasteiger partial charge in [0.05, 0.1) is 11.1 Å². The molecule has 0 spiro atoms. The summed E-state index contributed by atoms with van der Waals surface area (Å²) in [7, 11) is 0. The van der Waals surface area contributed by atoms with Crippen LogP contribution in [0.2, 0.25) is 0 Å². The molecule has 3 aromatic carbocycles. The molecular weight excluding hydrogens is 365 g/mol. The van der Waals surface area contributed by atoms with E-state index >= 15 is 0 Å². The fraction of sp³-hybridized carbons (Fsp3) is 0.0500. The summed E-state index contributed by atoms with van der Waals surface area (Å²) in [5.41, 5.74) is -0.709. The fourth-order valence-electron chi connectivity index (χ4n) is 2.59. The van der Waals surface area contributed by atoms with Gasteiger partial charge in [0.25, 0.3) is 5.91 Å². The van der Waals surface area contributed by atoms with Crippen molar-refractivity contribution < 1.29 is 26.7 Å². The molecule has 3 rings (SSSR count). The number of anilines is 1. The topological polar surface area (TPSA) is 29.1 Å². The lowest BCUT2D eigenvalue weighted by atomic mass is 9.99. The van der Waals surface area contributed by atoms with Crippen molar-refractivity contribution in [2.24, 2.45) is 0 Å². The molecule has 0 aliphatic heterocycles. The molecule has 0 aliphatic carbocycles. The number of alkyl halides is 3. The van der Waals surface area contributed by atoms with Crippen LogP contribution in [0.4, 0.5) is 27.6 Å². The Labute approximate surface area is 151 Å². The van der Waals surface area contributed by atoms with Crippen LogP contribution in [0.1, 0.15) is 15.9 Å². The summed E-state index contributed by atoms with van der Waals surface area (Å²) in [5, 5.41) is 2.38. The number of rotatable bonds is 3. The van der Waals surface area contributed by atoms with E-state index in [4.69, 9.17) is 0 Å². The minimum absolute atomic E-state index is 0.000878. The number of halogens is 5. The van der Waals surface area contributed by atoms with E-state index in [2.05, 4.69) is 5.32 Å². The zero-order valence-corrected chi connectivity index (χ0v) is 13.6. The second-order valence-electron chi connectivity index (χ2n) is 5.70. The zero-order valence-electron chi connectivity index (χ0n) is 13.6. The van der Waals surface area contributed by atoms with Gasteiger partial charge in [0.1, 0.15) is 11.6 Å². The van der Waals surface area contributed by atoms with Gasteiger partial charge >= 0.3 is 6.18 Å². The fourth-order valence-corrected chi connectivity index (χ4v) is 2.59.